The maximum Gasteiger partial charge on any atom is 0.324 e. The summed E-state index contributed by atoms with van der Waals surface area (Å²) in [6.45, 7) is 3.37. The maximum atomic E-state index is 12.7. The highest BCUT2D eigenvalue weighted by Crippen LogP contribution is 2.26. The van der Waals surface area contributed by atoms with Crippen LogP contribution in [0.4, 0.5) is 11.7 Å². The van der Waals surface area contributed by atoms with E-state index in [0.29, 0.717) is 18.4 Å². The van der Waals surface area contributed by atoms with Gasteiger partial charge in [0.05, 0.1) is 13.0 Å². The lowest BCUT2D eigenvalue weighted by atomic mass is 9.97. The Bertz CT molecular complexity index is 966. The molecular weight excluding hydrogens is 368 g/mol. The number of amides is 1. The molecule has 0 aliphatic carbocycles. The van der Waals surface area contributed by atoms with E-state index in [9.17, 15) is 4.79 Å². The molecule has 1 N–H and O–H groups in total. The molecule has 2 aromatic carbocycles. The summed E-state index contributed by atoms with van der Waals surface area (Å²) in [6, 6.07) is 15.8. The van der Waals surface area contributed by atoms with Gasteiger partial charge in [-0.1, -0.05) is 22.9 Å². The van der Waals surface area contributed by atoms with E-state index >= 15 is 0 Å². The smallest absolute Gasteiger partial charge is 0.324 e. The summed E-state index contributed by atoms with van der Waals surface area (Å²) in [5, 5.41) is 7.10. The fourth-order valence-electron chi connectivity index (χ4n) is 3.45. The first kappa shape index (κ1) is 19.0. The molecular formula is C22H24N4O3. The number of benzene rings is 2. The Hall–Kier alpha value is -3.35. The van der Waals surface area contributed by atoms with Crippen LogP contribution in [0.2, 0.25) is 0 Å². The Morgan fingerprint density at radius 1 is 1.17 bits per heavy atom. The topological polar surface area (TPSA) is 80.5 Å². The molecule has 1 aliphatic rings. The van der Waals surface area contributed by atoms with Gasteiger partial charge in [0.15, 0.2) is 0 Å². The molecule has 150 valence electrons. The summed E-state index contributed by atoms with van der Waals surface area (Å²) < 4.78 is 10.7. The molecule has 0 radical (unpaired) electrons. The number of carbonyl (C=O) groups is 1. The van der Waals surface area contributed by atoms with E-state index in [-0.39, 0.29) is 11.8 Å². The Labute approximate surface area is 169 Å². The number of aryl methyl sites for hydroxylation is 1. The van der Waals surface area contributed by atoms with Gasteiger partial charge in [-0.2, -0.15) is 4.98 Å². The van der Waals surface area contributed by atoms with Gasteiger partial charge in [0.2, 0.25) is 11.7 Å². The third-order valence-electron chi connectivity index (χ3n) is 5.15. The van der Waals surface area contributed by atoms with Gasteiger partial charge >= 0.3 is 6.01 Å². The molecule has 7 nitrogen and oxygen atoms in total. The van der Waals surface area contributed by atoms with E-state index in [1.165, 1.54) is 0 Å². The zero-order valence-electron chi connectivity index (χ0n) is 16.6. The van der Waals surface area contributed by atoms with Crippen molar-refractivity contribution in [3.05, 3.63) is 54.1 Å². The molecule has 3 aromatic rings. The number of methoxy groups -OCH3 is 1. The van der Waals surface area contributed by atoms with Crippen molar-refractivity contribution >= 4 is 17.6 Å². The highest BCUT2D eigenvalue weighted by Gasteiger charge is 2.28. The minimum absolute atomic E-state index is 0.0217. The number of hydrogen-bond donors (Lipinski definition) is 1. The second-order valence-electron chi connectivity index (χ2n) is 7.27. The largest absolute Gasteiger partial charge is 0.497 e. The van der Waals surface area contributed by atoms with Crippen molar-refractivity contribution in [2.24, 2.45) is 5.92 Å². The number of rotatable bonds is 5. The molecule has 1 atom stereocenters. The predicted octanol–water partition coefficient (Wildman–Crippen LogP) is 3.91. The highest BCUT2D eigenvalue weighted by molar-refractivity contribution is 5.93. The number of aromatic nitrogens is 2. The molecule has 1 aromatic heterocycles. The molecule has 0 bridgehead atoms. The Kier molecular flexibility index (Phi) is 5.46. The first-order valence-electron chi connectivity index (χ1n) is 9.73. The molecule has 0 spiro atoms. The van der Waals surface area contributed by atoms with E-state index in [2.05, 4.69) is 15.5 Å². The number of anilines is 2. The third kappa shape index (κ3) is 4.39. The first-order valence-corrected chi connectivity index (χ1v) is 9.73. The van der Waals surface area contributed by atoms with E-state index in [1.54, 1.807) is 7.11 Å². The average Bonchev–Trinajstić information content (AvgIpc) is 3.26. The van der Waals surface area contributed by atoms with Crippen molar-refractivity contribution < 1.29 is 14.1 Å². The minimum atomic E-state index is -0.124. The van der Waals surface area contributed by atoms with Crippen LogP contribution in [-0.4, -0.2) is 36.2 Å². The lowest BCUT2D eigenvalue weighted by molar-refractivity contribution is -0.120. The molecule has 7 heteroatoms. The standard InChI is InChI=1S/C22H24N4O3/c1-15-5-9-18(10-6-15)23-21(27)17-4-3-13-26(14-17)22-24-20(25-29-22)16-7-11-19(28-2)12-8-16/h5-12,17H,3-4,13-14H2,1-2H3,(H,23,27). The van der Waals surface area contributed by atoms with Crippen LogP contribution in [0.15, 0.2) is 53.1 Å². The Morgan fingerprint density at radius 2 is 1.93 bits per heavy atom. The lowest BCUT2D eigenvalue weighted by Crippen LogP contribution is -2.41. The van der Waals surface area contributed by atoms with Gasteiger partial charge in [0.1, 0.15) is 5.75 Å². The van der Waals surface area contributed by atoms with E-state index in [4.69, 9.17) is 9.26 Å². The zero-order chi connectivity index (χ0) is 20.2. The van der Waals surface area contributed by atoms with Crippen LogP contribution in [-0.2, 0) is 4.79 Å². The Balaban J connectivity index is 1.42. The van der Waals surface area contributed by atoms with Crippen molar-refractivity contribution in [2.45, 2.75) is 19.8 Å². The van der Waals surface area contributed by atoms with Crippen LogP contribution in [0.3, 0.4) is 0 Å². The second-order valence-corrected chi connectivity index (χ2v) is 7.27. The maximum absolute atomic E-state index is 12.7. The number of carbonyl (C=O) groups excluding carboxylic acids is 1. The predicted molar refractivity (Wildman–Crippen MR) is 111 cm³/mol. The summed E-state index contributed by atoms with van der Waals surface area (Å²) in [4.78, 5) is 19.2. The summed E-state index contributed by atoms with van der Waals surface area (Å²) >= 11 is 0. The van der Waals surface area contributed by atoms with Gasteiger partial charge in [0.25, 0.3) is 0 Å². The number of piperidine rings is 1. The molecule has 1 aliphatic heterocycles. The van der Waals surface area contributed by atoms with Crippen molar-refractivity contribution in [3.63, 3.8) is 0 Å². The van der Waals surface area contributed by atoms with Crippen LogP contribution in [0.1, 0.15) is 18.4 Å². The molecule has 29 heavy (non-hydrogen) atoms. The molecule has 0 saturated carbocycles. The Morgan fingerprint density at radius 3 is 2.66 bits per heavy atom. The zero-order valence-corrected chi connectivity index (χ0v) is 16.6. The van der Waals surface area contributed by atoms with E-state index in [0.717, 1.165) is 42.0 Å². The molecule has 1 unspecified atom stereocenters. The molecule has 1 fully saturated rings. The molecule has 1 saturated heterocycles. The molecule has 2 heterocycles. The van der Waals surface area contributed by atoms with Crippen LogP contribution < -0.4 is 15.0 Å². The lowest BCUT2D eigenvalue weighted by Gasteiger charge is -2.30. The van der Waals surface area contributed by atoms with Gasteiger partial charge < -0.3 is 19.5 Å². The van der Waals surface area contributed by atoms with E-state index < -0.39 is 0 Å². The number of hydrogen-bond acceptors (Lipinski definition) is 6. The SMILES string of the molecule is COc1ccc(-c2noc(N3CCCC(C(=O)Nc4ccc(C)cc4)C3)n2)cc1. The molecule has 1 amide bonds. The fourth-order valence-corrected chi connectivity index (χ4v) is 3.45. The fraction of sp³-hybridized carbons (Fsp3) is 0.318. The van der Waals surface area contributed by atoms with Gasteiger partial charge in [-0.25, -0.2) is 0 Å². The van der Waals surface area contributed by atoms with Crippen LogP contribution in [0, 0.1) is 12.8 Å². The van der Waals surface area contributed by atoms with Gasteiger partial charge in [-0.3, -0.25) is 4.79 Å². The van der Waals surface area contributed by atoms with Gasteiger partial charge in [-0.05, 0) is 56.2 Å². The third-order valence-corrected chi connectivity index (χ3v) is 5.15. The average molecular weight is 392 g/mol. The normalized spacial score (nSPS) is 16.5. The summed E-state index contributed by atoms with van der Waals surface area (Å²) in [7, 11) is 1.63. The van der Waals surface area contributed by atoms with Crippen LogP contribution >= 0.6 is 0 Å². The summed E-state index contributed by atoms with van der Waals surface area (Å²) in [6.07, 6.45) is 1.74. The number of nitrogens with one attached hydrogen (secondary N) is 1. The summed E-state index contributed by atoms with van der Waals surface area (Å²) in [5.41, 5.74) is 2.83. The highest BCUT2D eigenvalue weighted by atomic mass is 16.5. The number of nitrogens with zero attached hydrogens (tertiary/aromatic N) is 3. The second kappa shape index (κ2) is 8.34. The number of ether oxygens (including phenoxy) is 1. The van der Waals surface area contributed by atoms with E-state index in [1.807, 2.05) is 60.4 Å². The van der Waals surface area contributed by atoms with Crippen molar-refractivity contribution in [1.29, 1.82) is 0 Å². The quantitative estimate of drug-likeness (QED) is 0.709. The molecule has 4 rings (SSSR count). The van der Waals surface area contributed by atoms with Crippen molar-refractivity contribution in [3.8, 4) is 17.1 Å². The van der Waals surface area contributed by atoms with Crippen molar-refractivity contribution in [1.82, 2.24) is 10.1 Å². The van der Waals surface area contributed by atoms with Crippen LogP contribution in [0.5, 0.6) is 5.75 Å². The van der Waals surface area contributed by atoms with Crippen molar-refractivity contribution in [2.75, 3.05) is 30.4 Å². The van der Waals surface area contributed by atoms with Gasteiger partial charge in [-0.15, -0.1) is 0 Å². The minimum Gasteiger partial charge on any atom is -0.497 e. The summed E-state index contributed by atoms with van der Waals surface area (Å²) in [5.74, 6) is 1.19. The van der Waals surface area contributed by atoms with Gasteiger partial charge in [0, 0.05) is 24.3 Å². The monoisotopic (exact) mass is 392 g/mol. The van der Waals surface area contributed by atoms with Crippen LogP contribution in [0.25, 0.3) is 11.4 Å². The first-order chi connectivity index (χ1) is 14.1.